The molecule has 1 aliphatic rings. The molecule has 2 nitrogen and oxygen atoms in total. The fourth-order valence-corrected chi connectivity index (χ4v) is 2.24. The number of hydrogen-bond donors (Lipinski definition) is 2. The minimum atomic E-state index is -0.0840. The number of aliphatic hydroxyl groups is 1. The van der Waals surface area contributed by atoms with E-state index in [1.54, 1.807) is 0 Å². The highest BCUT2D eigenvalue weighted by atomic mass is 35.5. The Bertz CT molecular complexity index is 325. The van der Waals surface area contributed by atoms with Crippen molar-refractivity contribution in [3.63, 3.8) is 0 Å². The summed E-state index contributed by atoms with van der Waals surface area (Å²) in [5, 5.41) is 10.1. The van der Waals surface area contributed by atoms with Gasteiger partial charge in [-0.25, -0.2) is 0 Å². The Morgan fingerprint density at radius 1 is 1.43 bits per heavy atom. The van der Waals surface area contributed by atoms with Gasteiger partial charge in [0.25, 0.3) is 0 Å². The molecule has 1 aromatic carbocycles. The van der Waals surface area contributed by atoms with E-state index >= 15 is 0 Å². The molecular weight excluding hydrogens is 198 g/mol. The first-order chi connectivity index (χ1) is 6.73. The van der Waals surface area contributed by atoms with Crippen LogP contribution < -0.4 is 5.73 Å². The van der Waals surface area contributed by atoms with Crippen LogP contribution in [0.1, 0.15) is 12.0 Å². The molecule has 1 saturated carbocycles. The van der Waals surface area contributed by atoms with Crippen molar-refractivity contribution in [2.75, 3.05) is 13.2 Å². The van der Waals surface area contributed by atoms with Crippen LogP contribution >= 0.6 is 11.6 Å². The van der Waals surface area contributed by atoms with Gasteiger partial charge in [0, 0.05) is 10.4 Å². The lowest BCUT2D eigenvalue weighted by atomic mass is 9.94. The summed E-state index contributed by atoms with van der Waals surface area (Å²) in [6, 6.07) is 7.68. The van der Waals surface area contributed by atoms with Crippen molar-refractivity contribution in [2.24, 2.45) is 11.7 Å². The Labute approximate surface area is 88.7 Å². The molecule has 3 N–H and O–H groups in total. The molecule has 0 aromatic heterocycles. The number of rotatable bonds is 3. The molecule has 14 heavy (non-hydrogen) atoms. The first kappa shape index (κ1) is 9.97. The smallest absolute Gasteiger partial charge is 0.0531 e. The molecule has 1 fully saturated rings. The van der Waals surface area contributed by atoms with Gasteiger partial charge in [0.05, 0.1) is 6.61 Å². The quantitative estimate of drug-likeness (QED) is 0.797. The zero-order valence-corrected chi connectivity index (χ0v) is 8.67. The highest BCUT2D eigenvalue weighted by Gasteiger charge is 2.53. The fraction of sp³-hybridized carbons (Fsp3) is 0.455. The largest absolute Gasteiger partial charge is 0.395 e. The summed E-state index contributed by atoms with van der Waals surface area (Å²) < 4.78 is 0. The van der Waals surface area contributed by atoms with Crippen molar-refractivity contribution in [1.29, 1.82) is 0 Å². The Balaban J connectivity index is 2.26. The molecule has 0 bridgehead atoms. The van der Waals surface area contributed by atoms with Gasteiger partial charge in [-0.2, -0.15) is 0 Å². The maximum Gasteiger partial charge on any atom is 0.0531 e. The van der Waals surface area contributed by atoms with E-state index in [9.17, 15) is 5.11 Å². The van der Waals surface area contributed by atoms with E-state index in [1.807, 2.05) is 24.3 Å². The van der Waals surface area contributed by atoms with E-state index in [-0.39, 0.29) is 12.0 Å². The number of hydrogen-bond acceptors (Lipinski definition) is 2. The lowest BCUT2D eigenvalue weighted by Gasteiger charge is -2.14. The molecule has 0 spiro atoms. The van der Waals surface area contributed by atoms with Crippen LogP contribution in [0.3, 0.4) is 0 Å². The molecule has 1 aromatic rings. The Hall–Kier alpha value is -0.570. The minimum Gasteiger partial charge on any atom is -0.395 e. The van der Waals surface area contributed by atoms with E-state index in [2.05, 4.69) is 0 Å². The molecule has 0 aliphatic heterocycles. The van der Waals surface area contributed by atoms with Gasteiger partial charge < -0.3 is 10.8 Å². The predicted octanol–water partition coefficient (Wildman–Crippen LogP) is 1.55. The number of nitrogens with two attached hydrogens (primary N) is 1. The zero-order chi connectivity index (χ0) is 10.2. The van der Waals surface area contributed by atoms with E-state index in [1.165, 1.54) is 0 Å². The topological polar surface area (TPSA) is 46.2 Å². The molecule has 2 unspecified atom stereocenters. The third-order valence-electron chi connectivity index (χ3n) is 3.22. The Morgan fingerprint density at radius 2 is 2.07 bits per heavy atom. The Morgan fingerprint density at radius 3 is 2.50 bits per heavy atom. The van der Waals surface area contributed by atoms with Gasteiger partial charge in [-0.15, -0.1) is 0 Å². The molecule has 1 aliphatic carbocycles. The summed E-state index contributed by atoms with van der Waals surface area (Å²) in [5.41, 5.74) is 6.68. The summed E-state index contributed by atoms with van der Waals surface area (Å²) in [6.07, 6.45) is 0.988. The third kappa shape index (κ3) is 1.44. The molecule has 3 heteroatoms. The summed E-state index contributed by atoms with van der Waals surface area (Å²) in [7, 11) is 0. The van der Waals surface area contributed by atoms with Gasteiger partial charge in [-0.05, 0) is 36.6 Å². The SMILES string of the molecule is NCC1CC1(CO)c1ccc(Cl)cc1. The lowest BCUT2D eigenvalue weighted by molar-refractivity contribution is 0.246. The van der Waals surface area contributed by atoms with Gasteiger partial charge in [0.1, 0.15) is 0 Å². The van der Waals surface area contributed by atoms with E-state index in [0.717, 1.165) is 17.0 Å². The first-order valence-electron chi connectivity index (χ1n) is 4.80. The van der Waals surface area contributed by atoms with Crippen LogP contribution in [-0.4, -0.2) is 18.3 Å². The fourth-order valence-electron chi connectivity index (χ4n) is 2.11. The van der Waals surface area contributed by atoms with Gasteiger partial charge in [-0.3, -0.25) is 0 Å². The third-order valence-corrected chi connectivity index (χ3v) is 3.47. The second-order valence-corrected chi connectivity index (χ2v) is 4.39. The van der Waals surface area contributed by atoms with E-state index in [4.69, 9.17) is 17.3 Å². The second-order valence-electron chi connectivity index (χ2n) is 3.96. The van der Waals surface area contributed by atoms with Gasteiger partial charge in [0.15, 0.2) is 0 Å². The molecule has 0 heterocycles. The Kier molecular flexibility index (Phi) is 2.52. The van der Waals surface area contributed by atoms with Crippen molar-refractivity contribution in [3.8, 4) is 0 Å². The van der Waals surface area contributed by atoms with Crippen molar-refractivity contribution in [3.05, 3.63) is 34.9 Å². The monoisotopic (exact) mass is 211 g/mol. The van der Waals surface area contributed by atoms with Crippen molar-refractivity contribution < 1.29 is 5.11 Å². The maximum atomic E-state index is 9.39. The summed E-state index contributed by atoms with van der Waals surface area (Å²) in [5.74, 6) is 0.425. The van der Waals surface area contributed by atoms with Crippen LogP contribution in [0, 0.1) is 5.92 Å². The van der Waals surface area contributed by atoms with Crippen molar-refractivity contribution in [2.45, 2.75) is 11.8 Å². The molecule has 0 saturated heterocycles. The summed E-state index contributed by atoms with van der Waals surface area (Å²) in [4.78, 5) is 0. The van der Waals surface area contributed by atoms with Crippen molar-refractivity contribution in [1.82, 2.24) is 0 Å². The molecule has 0 amide bonds. The summed E-state index contributed by atoms with van der Waals surface area (Å²) in [6.45, 7) is 0.819. The van der Waals surface area contributed by atoms with E-state index in [0.29, 0.717) is 12.5 Å². The van der Waals surface area contributed by atoms with Crippen LogP contribution in [-0.2, 0) is 5.41 Å². The predicted molar refractivity (Wildman–Crippen MR) is 57.4 cm³/mol. The highest BCUT2D eigenvalue weighted by Crippen LogP contribution is 2.53. The van der Waals surface area contributed by atoms with Crippen LogP contribution in [0.25, 0.3) is 0 Å². The average molecular weight is 212 g/mol. The minimum absolute atomic E-state index is 0.0840. The van der Waals surface area contributed by atoms with Gasteiger partial charge >= 0.3 is 0 Å². The number of benzene rings is 1. The normalized spacial score (nSPS) is 30.4. The van der Waals surface area contributed by atoms with E-state index < -0.39 is 0 Å². The maximum absolute atomic E-state index is 9.39. The van der Waals surface area contributed by atoms with Crippen LogP contribution in [0.15, 0.2) is 24.3 Å². The van der Waals surface area contributed by atoms with Crippen LogP contribution in [0.5, 0.6) is 0 Å². The van der Waals surface area contributed by atoms with Gasteiger partial charge in [-0.1, -0.05) is 23.7 Å². The van der Waals surface area contributed by atoms with Crippen molar-refractivity contribution >= 4 is 11.6 Å². The summed E-state index contributed by atoms with van der Waals surface area (Å²) >= 11 is 5.81. The average Bonchev–Trinajstić information content (AvgIpc) is 2.94. The lowest BCUT2D eigenvalue weighted by Crippen LogP contribution is -2.19. The molecular formula is C11H14ClNO. The molecule has 76 valence electrons. The first-order valence-corrected chi connectivity index (χ1v) is 5.18. The second kappa shape index (κ2) is 3.54. The van der Waals surface area contributed by atoms with Crippen LogP contribution in [0.4, 0.5) is 0 Å². The van der Waals surface area contributed by atoms with Crippen LogP contribution in [0.2, 0.25) is 5.02 Å². The molecule has 0 radical (unpaired) electrons. The zero-order valence-electron chi connectivity index (χ0n) is 7.91. The number of halogens is 1. The molecule has 2 rings (SSSR count). The highest BCUT2D eigenvalue weighted by molar-refractivity contribution is 6.30. The van der Waals surface area contributed by atoms with Gasteiger partial charge in [0.2, 0.25) is 0 Å². The molecule has 2 atom stereocenters. The standard InChI is InChI=1S/C11H14ClNO/c12-10-3-1-8(2-4-10)11(7-14)5-9(11)6-13/h1-4,9,14H,5-7,13H2. The number of aliphatic hydroxyl groups excluding tert-OH is 1.